The summed E-state index contributed by atoms with van der Waals surface area (Å²) in [5.41, 5.74) is 4.63. The van der Waals surface area contributed by atoms with Gasteiger partial charge in [-0.1, -0.05) is 72.8 Å². The maximum Gasteiger partial charge on any atom is 0.342 e. The second-order valence-electron chi connectivity index (χ2n) is 8.97. The van der Waals surface area contributed by atoms with E-state index in [1.807, 2.05) is 84.9 Å². The van der Waals surface area contributed by atoms with Crippen LogP contribution in [0.25, 0.3) is 21.7 Å². The Bertz CT molecular complexity index is 1820. The zero-order chi connectivity index (χ0) is 24.1. The smallest absolute Gasteiger partial charge is 0.342 e. The summed E-state index contributed by atoms with van der Waals surface area (Å²) in [6.07, 6.45) is 0. The van der Waals surface area contributed by atoms with Crippen LogP contribution in [0.1, 0.15) is 22.6 Å². The molecule has 4 nitrogen and oxygen atoms in total. The van der Waals surface area contributed by atoms with Gasteiger partial charge in [0.25, 0.3) is 0 Å². The number of ether oxygens (including phenoxy) is 1. The molecular weight excluding hydrogens is 446 g/mol. The first-order valence-corrected chi connectivity index (χ1v) is 11.9. The highest BCUT2D eigenvalue weighted by Crippen LogP contribution is 2.48. The minimum Gasteiger partial charge on any atom is -0.457 e. The highest BCUT2D eigenvalue weighted by molar-refractivity contribution is 6.00. The van der Waals surface area contributed by atoms with Gasteiger partial charge < -0.3 is 14.5 Å². The van der Waals surface area contributed by atoms with Crippen LogP contribution in [-0.4, -0.2) is 0 Å². The Kier molecular flexibility index (Phi) is 4.64. The first-order chi connectivity index (χ1) is 17.8. The molecule has 1 atom stereocenters. The van der Waals surface area contributed by atoms with Gasteiger partial charge in [-0.05, 0) is 64.4 Å². The molecule has 1 N–H and O–H groups in total. The molecule has 0 radical (unpaired) electrons. The number of benzene rings is 5. The molecule has 0 saturated heterocycles. The van der Waals surface area contributed by atoms with Crippen LogP contribution in [0.15, 0.2) is 124 Å². The van der Waals surface area contributed by atoms with E-state index >= 15 is 0 Å². The molecule has 0 saturated carbocycles. The van der Waals surface area contributed by atoms with Crippen LogP contribution >= 0.6 is 0 Å². The quantitative estimate of drug-likeness (QED) is 0.268. The summed E-state index contributed by atoms with van der Waals surface area (Å²) in [5.74, 6) is 1.14. The van der Waals surface area contributed by atoms with Crippen molar-refractivity contribution in [3.05, 3.63) is 142 Å². The molecule has 0 amide bonds. The normalized spacial score (nSPS) is 14.2. The molecule has 7 rings (SSSR count). The van der Waals surface area contributed by atoms with Crippen LogP contribution in [0, 0.1) is 0 Å². The van der Waals surface area contributed by atoms with Crippen molar-refractivity contribution in [2.75, 3.05) is 5.32 Å². The van der Waals surface area contributed by atoms with E-state index in [0.717, 1.165) is 44.4 Å². The Balaban J connectivity index is 1.50. The zero-order valence-electron chi connectivity index (χ0n) is 19.3. The highest BCUT2D eigenvalue weighted by atomic mass is 16.5. The summed E-state index contributed by atoms with van der Waals surface area (Å²) in [6.45, 7) is 0. The molecule has 1 aromatic heterocycles. The van der Waals surface area contributed by atoms with E-state index in [1.54, 1.807) is 0 Å². The predicted octanol–water partition coefficient (Wildman–Crippen LogP) is 7.98. The van der Waals surface area contributed by atoms with Crippen molar-refractivity contribution in [1.29, 1.82) is 0 Å². The standard InChI is InChI=1S/C32H21NO3/c34-32-30-28(21-10-8-13-23(19-21)35-22-11-2-1-3-12-22)29-24-14-5-4-9-20(24)17-18-26(29)33-31(30)25-15-6-7-16-27(25)36-32/h1-19,28,33H. The monoisotopic (exact) mass is 467 g/mol. The third-order valence-corrected chi connectivity index (χ3v) is 6.83. The van der Waals surface area contributed by atoms with Gasteiger partial charge in [-0.2, -0.15) is 0 Å². The maximum atomic E-state index is 13.5. The molecule has 5 aromatic carbocycles. The molecule has 1 aliphatic heterocycles. The van der Waals surface area contributed by atoms with E-state index in [1.165, 1.54) is 0 Å². The van der Waals surface area contributed by atoms with Gasteiger partial charge in [-0.15, -0.1) is 0 Å². The molecule has 0 bridgehead atoms. The lowest BCUT2D eigenvalue weighted by Crippen LogP contribution is -2.22. The van der Waals surface area contributed by atoms with Crippen LogP contribution in [0.3, 0.4) is 0 Å². The third kappa shape index (κ3) is 3.27. The fourth-order valence-corrected chi connectivity index (χ4v) is 5.27. The van der Waals surface area contributed by atoms with E-state index in [4.69, 9.17) is 9.15 Å². The van der Waals surface area contributed by atoms with Crippen molar-refractivity contribution in [2.45, 2.75) is 5.92 Å². The van der Waals surface area contributed by atoms with Crippen molar-refractivity contribution < 1.29 is 9.15 Å². The topological polar surface area (TPSA) is 51.5 Å². The summed E-state index contributed by atoms with van der Waals surface area (Å²) >= 11 is 0. The number of fused-ring (bicyclic) bond motifs is 6. The summed E-state index contributed by atoms with van der Waals surface area (Å²) in [7, 11) is 0. The second kappa shape index (κ2) is 8.14. The summed E-state index contributed by atoms with van der Waals surface area (Å²) in [4.78, 5) is 13.5. The van der Waals surface area contributed by atoms with Gasteiger partial charge in [-0.3, -0.25) is 0 Å². The first-order valence-electron chi connectivity index (χ1n) is 11.9. The fraction of sp³-hybridized carbons (Fsp3) is 0.0312. The Morgan fingerprint density at radius 2 is 1.42 bits per heavy atom. The highest BCUT2D eigenvalue weighted by Gasteiger charge is 2.33. The van der Waals surface area contributed by atoms with Gasteiger partial charge >= 0.3 is 5.63 Å². The first kappa shape index (κ1) is 20.5. The van der Waals surface area contributed by atoms with Crippen molar-refractivity contribution >= 4 is 33.1 Å². The summed E-state index contributed by atoms with van der Waals surface area (Å²) in [5, 5.41) is 6.68. The predicted molar refractivity (Wildman–Crippen MR) is 144 cm³/mol. The average Bonchev–Trinajstić information content (AvgIpc) is 2.92. The lowest BCUT2D eigenvalue weighted by molar-refractivity contribution is 0.481. The van der Waals surface area contributed by atoms with Crippen LogP contribution in [0.4, 0.5) is 11.4 Å². The second-order valence-corrected chi connectivity index (χ2v) is 8.97. The number of nitrogens with one attached hydrogen (secondary N) is 1. The maximum absolute atomic E-state index is 13.5. The molecule has 1 unspecified atom stereocenters. The fourth-order valence-electron chi connectivity index (χ4n) is 5.27. The Labute approximate surface area is 207 Å². The number of hydrogen-bond donors (Lipinski definition) is 1. The van der Waals surface area contributed by atoms with E-state index in [-0.39, 0.29) is 11.5 Å². The van der Waals surface area contributed by atoms with Crippen molar-refractivity contribution in [3.63, 3.8) is 0 Å². The van der Waals surface area contributed by atoms with Gasteiger partial charge in [0.15, 0.2) is 0 Å². The summed E-state index contributed by atoms with van der Waals surface area (Å²) < 4.78 is 12.0. The molecular formula is C32H21NO3. The molecule has 4 heteroatoms. The largest absolute Gasteiger partial charge is 0.457 e. The molecule has 0 spiro atoms. The van der Waals surface area contributed by atoms with Gasteiger partial charge in [0, 0.05) is 17.0 Å². The molecule has 172 valence electrons. The molecule has 6 aromatic rings. The van der Waals surface area contributed by atoms with Gasteiger partial charge in [0.2, 0.25) is 0 Å². The average molecular weight is 468 g/mol. The Hall–Kier alpha value is -4.83. The van der Waals surface area contributed by atoms with Gasteiger partial charge in [0.05, 0.1) is 11.3 Å². The number of hydrogen-bond acceptors (Lipinski definition) is 4. The number of anilines is 2. The van der Waals surface area contributed by atoms with E-state index in [2.05, 4.69) is 35.6 Å². The van der Waals surface area contributed by atoms with Crippen molar-refractivity contribution in [3.8, 4) is 11.5 Å². The SMILES string of the molecule is O=c1oc2ccccc2c2c1C(c1cccc(Oc3ccccc3)c1)c1c(ccc3ccccc13)N2. The van der Waals surface area contributed by atoms with E-state index in [0.29, 0.717) is 16.9 Å². The number of rotatable bonds is 3. The minimum atomic E-state index is -0.339. The van der Waals surface area contributed by atoms with Crippen LogP contribution < -0.4 is 15.7 Å². The summed E-state index contributed by atoms with van der Waals surface area (Å²) in [6, 6.07) is 37.8. The van der Waals surface area contributed by atoms with E-state index < -0.39 is 0 Å². The zero-order valence-corrected chi connectivity index (χ0v) is 19.3. The Morgan fingerprint density at radius 1 is 0.667 bits per heavy atom. The molecule has 2 heterocycles. The molecule has 1 aliphatic rings. The van der Waals surface area contributed by atoms with Crippen LogP contribution in [-0.2, 0) is 0 Å². The lowest BCUT2D eigenvalue weighted by Gasteiger charge is -2.31. The number of para-hydroxylation sites is 2. The third-order valence-electron chi connectivity index (χ3n) is 6.83. The van der Waals surface area contributed by atoms with Crippen molar-refractivity contribution in [2.24, 2.45) is 0 Å². The molecule has 0 fully saturated rings. The minimum absolute atomic E-state index is 0.331. The van der Waals surface area contributed by atoms with E-state index in [9.17, 15) is 4.79 Å². The van der Waals surface area contributed by atoms with Gasteiger partial charge in [0.1, 0.15) is 17.1 Å². The van der Waals surface area contributed by atoms with Crippen molar-refractivity contribution in [1.82, 2.24) is 0 Å². The molecule has 36 heavy (non-hydrogen) atoms. The molecule has 0 aliphatic carbocycles. The van der Waals surface area contributed by atoms with Gasteiger partial charge in [-0.25, -0.2) is 4.79 Å². The van der Waals surface area contributed by atoms with Crippen LogP contribution in [0.2, 0.25) is 0 Å². The van der Waals surface area contributed by atoms with Crippen LogP contribution in [0.5, 0.6) is 11.5 Å². The Morgan fingerprint density at radius 3 is 2.31 bits per heavy atom. The lowest BCUT2D eigenvalue weighted by atomic mass is 9.79.